The lowest BCUT2D eigenvalue weighted by molar-refractivity contribution is 0.0987. The number of halogens is 1. The van der Waals surface area contributed by atoms with Gasteiger partial charge in [-0.1, -0.05) is 6.07 Å². The van der Waals surface area contributed by atoms with Crippen molar-refractivity contribution in [1.29, 1.82) is 0 Å². The summed E-state index contributed by atoms with van der Waals surface area (Å²) in [4.78, 5) is 14.3. The van der Waals surface area contributed by atoms with E-state index in [1.807, 2.05) is 26.8 Å². The fraction of sp³-hybridized carbons (Fsp3) is 0.235. The summed E-state index contributed by atoms with van der Waals surface area (Å²) < 4.78 is 13.0. The van der Waals surface area contributed by atoms with E-state index in [0.717, 1.165) is 11.1 Å². The second-order valence-electron chi connectivity index (χ2n) is 5.05. The number of hydrogen-bond acceptors (Lipinski definition) is 2. The molecule has 2 aromatic rings. The van der Waals surface area contributed by atoms with Gasteiger partial charge in [-0.15, -0.1) is 0 Å². The van der Waals surface area contributed by atoms with E-state index < -0.39 is 0 Å². The highest BCUT2D eigenvalue weighted by Gasteiger charge is 2.18. The number of benzene rings is 2. The van der Waals surface area contributed by atoms with Crippen LogP contribution in [0, 0.1) is 19.7 Å². The fourth-order valence-corrected chi connectivity index (χ4v) is 2.31. The lowest BCUT2D eigenvalue weighted by atomic mass is 10.0. The van der Waals surface area contributed by atoms with Crippen molar-refractivity contribution >= 4 is 17.3 Å². The standard InChI is InChI=1S/C17H19FN2O/c1-4-20(14-7-5-13(18)6-8-14)17(21)15-10-16(19)12(3)9-11(15)2/h5-10H,4,19H2,1-3H3. The lowest BCUT2D eigenvalue weighted by Crippen LogP contribution is -2.31. The van der Waals surface area contributed by atoms with Gasteiger partial charge in [-0.25, -0.2) is 4.39 Å². The normalized spacial score (nSPS) is 10.5. The molecule has 4 heteroatoms. The molecular weight excluding hydrogens is 267 g/mol. The number of nitrogens with zero attached hydrogens (tertiary/aromatic N) is 1. The Labute approximate surface area is 124 Å². The van der Waals surface area contributed by atoms with Gasteiger partial charge < -0.3 is 10.6 Å². The van der Waals surface area contributed by atoms with Crippen LogP contribution in [0.15, 0.2) is 36.4 Å². The minimum Gasteiger partial charge on any atom is -0.398 e. The molecule has 0 fully saturated rings. The summed E-state index contributed by atoms with van der Waals surface area (Å²) >= 11 is 0. The average Bonchev–Trinajstić information content (AvgIpc) is 2.45. The van der Waals surface area contributed by atoms with Gasteiger partial charge in [-0.3, -0.25) is 4.79 Å². The van der Waals surface area contributed by atoms with Gasteiger partial charge in [0.15, 0.2) is 0 Å². The summed E-state index contributed by atoms with van der Waals surface area (Å²) in [7, 11) is 0. The Bertz CT molecular complexity index is 665. The van der Waals surface area contributed by atoms with Crippen LogP contribution in [-0.2, 0) is 0 Å². The topological polar surface area (TPSA) is 46.3 Å². The van der Waals surface area contributed by atoms with Crippen molar-refractivity contribution in [2.45, 2.75) is 20.8 Å². The number of nitrogen functional groups attached to an aromatic ring is 1. The average molecular weight is 286 g/mol. The van der Waals surface area contributed by atoms with E-state index in [-0.39, 0.29) is 11.7 Å². The molecule has 21 heavy (non-hydrogen) atoms. The van der Waals surface area contributed by atoms with E-state index in [1.165, 1.54) is 12.1 Å². The van der Waals surface area contributed by atoms with Gasteiger partial charge in [0.25, 0.3) is 5.91 Å². The molecule has 0 aliphatic heterocycles. The van der Waals surface area contributed by atoms with Crippen LogP contribution in [-0.4, -0.2) is 12.5 Å². The predicted octanol–water partition coefficient (Wildman–Crippen LogP) is 3.69. The first-order chi connectivity index (χ1) is 9.93. The maximum absolute atomic E-state index is 13.0. The number of amides is 1. The molecule has 0 bridgehead atoms. The Hall–Kier alpha value is -2.36. The predicted molar refractivity (Wildman–Crippen MR) is 84.1 cm³/mol. The summed E-state index contributed by atoms with van der Waals surface area (Å²) in [6, 6.07) is 9.51. The Morgan fingerprint density at radius 3 is 2.33 bits per heavy atom. The molecule has 2 rings (SSSR count). The molecule has 0 saturated carbocycles. The number of rotatable bonds is 3. The third kappa shape index (κ3) is 3.05. The minimum atomic E-state index is -0.321. The molecule has 0 heterocycles. The summed E-state index contributed by atoms with van der Waals surface area (Å²) in [5, 5.41) is 0. The fourth-order valence-electron chi connectivity index (χ4n) is 2.31. The van der Waals surface area contributed by atoms with E-state index >= 15 is 0 Å². The number of anilines is 2. The quantitative estimate of drug-likeness (QED) is 0.875. The second-order valence-corrected chi connectivity index (χ2v) is 5.05. The maximum Gasteiger partial charge on any atom is 0.258 e. The molecule has 0 aliphatic carbocycles. The third-order valence-corrected chi connectivity index (χ3v) is 3.54. The smallest absolute Gasteiger partial charge is 0.258 e. The first-order valence-corrected chi connectivity index (χ1v) is 6.88. The van der Waals surface area contributed by atoms with Gasteiger partial charge in [0, 0.05) is 23.5 Å². The molecule has 1 amide bonds. The van der Waals surface area contributed by atoms with Crippen LogP contribution < -0.4 is 10.6 Å². The molecule has 0 aliphatic rings. The zero-order chi connectivity index (χ0) is 15.6. The Balaban J connectivity index is 2.41. The van der Waals surface area contributed by atoms with Crippen LogP contribution in [0.5, 0.6) is 0 Å². The van der Waals surface area contributed by atoms with Crippen LogP contribution in [0.2, 0.25) is 0 Å². The van der Waals surface area contributed by atoms with E-state index in [9.17, 15) is 9.18 Å². The van der Waals surface area contributed by atoms with Crippen molar-refractivity contribution in [2.24, 2.45) is 0 Å². The highest BCUT2D eigenvalue weighted by molar-refractivity contribution is 6.07. The van der Waals surface area contributed by atoms with Crippen LogP contribution in [0.25, 0.3) is 0 Å². The molecular formula is C17H19FN2O. The van der Waals surface area contributed by atoms with Crippen LogP contribution in [0.1, 0.15) is 28.4 Å². The largest absolute Gasteiger partial charge is 0.398 e. The molecule has 110 valence electrons. The van der Waals surface area contributed by atoms with Crippen LogP contribution in [0.3, 0.4) is 0 Å². The summed E-state index contributed by atoms with van der Waals surface area (Å²) in [6.45, 7) is 6.18. The lowest BCUT2D eigenvalue weighted by Gasteiger charge is -2.22. The minimum absolute atomic E-state index is 0.131. The van der Waals surface area contributed by atoms with Gasteiger partial charge in [0.2, 0.25) is 0 Å². The highest BCUT2D eigenvalue weighted by Crippen LogP contribution is 2.22. The van der Waals surface area contributed by atoms with Crippen molar-refractivity contribution in [1.82, 2.24) is 0 Å². The van der Waals surface area contributed by atoms with Gasteiger partial charge in [0.05, 0.1) is 0 Å². The van der Waals surface area contributed by atoms with E-state index in [0.29, 0.717) is 23.5 Å². The number of carbonyl (C=O) groups excluding carboxylic acids is 1. The van der Waals surface area contributed by atoms with E-state index in [1.54, 1.807) is 23.1 Å². The molecule has 0 saturated heterocycles. The third-order valence-electron chi connectivity index (χ3n) is 3.54. The molecule has 3 nitrogen and oxygen atoms in total. The van der Waals surface area contributed by atoms with Crippen LogP contribution >= 0.6 is 0 Å². The Morgan fingerprint density at radius 1 is 1.14 bits per heavy atom. The molecule has 0 aromatic heterocycles. The number of nitrogens with two attached hydrogens (primary N) is 1. The first kappa shape index (κ1) is 15.0. The summed E-state index contributed by atoms with van der Waals surface area (Å²) in [5.41, 5.74) is 9.58. The number of aryl methyl sites for hydroxylation is 2. The molecule has 0 atom stereocenters. The van der Waals surface area contributed by atoms with Gasteiger partial charge in [-0.05, 0) is 62.2 Å². The maximum atomic E-state index is 13.0. The van der Waals surface area contributed by atoms with Crippen molar-refractivity contribution in [3.8, 4) is 0 Å². The summed E-state index contributed by atoms with van der Waals surface area (Å²) in [5.74, 6) is -0.452. The zero-order valence-electron chi connectivity index (χ0n) is 12.5. The Morgan fingerprint density at radius 2 is 1.76 bits per heavy atom. The molecule has 0 radical (unpaired) electrons. The summed E-state index contributed by atoms with van der Waals surface area (Å²) in [6.07, 6.45) is 0. The molecule has 2 N–H and O–H groups in total. The zero-order valence-corrected chi connectivity index (χ0v) is 12.5. The SMILES string of the molecule is CCN(C(=O)c1cc(N)c(C)cc1C)c1ccc(F)cc1. The highest BCUT2D eigenvalue weighted by atomic mass is 19.1. The van der Waals surface area contributed by atoms with Crippen molar-refractivity contribution < 1.29 is 9.18 Å². The molecule has 0 unspecified atom stereocenters. The monoisotopic (exact) mass is 286 g/mol. The van der Waals surface area contributed by atoms with Crippen molar-refractivity contribution in [3.63, 3.8) is 0 Å². The van der Waals surface area contributed by atoms with E-state index in [2.05, 4.69) is 0 Å². The Kier molecular flexibility index (Phi) is 4.26. The number of hydrogen-bond donors (Lipinski definition) is 1. The molecule has 2 aromatic carbocycles. The van der Waals surface area contributed by atoms with Crippen molar-refractivity contribution in [2.75, 3.05) is 17.2 Å². The van der Waals surface area contributed by atoms with E-state index in [4.69, 9.17) is 5.73 Å². The molecule has 0 spiro atoms. The van der Waals surface area contributed by atoms with Crippen LogP contribution in [0.4, 0.5) is 15.8 Å². The second kappa shape index (κ2) is 5.95. The van der Waals surface area contributed by atoms with Crippen molar-refractivity contribution in [3.05, 3.63) is 58.9 Å². The first-order valence-electron chi connectivity index (χ1n) is 6.88. The van der Waals surface area contributed by atoms with Gasteiger partial charge >= 0.3 is 0 Å². The van der Waals surface area contributed by atoms with Gasteiger partial charge in [-0.2, -0.15) is 0 Å². The van der Waals surface area contributed by atoms with Gasteiger partial charge in [0.1, 0.15) is 5.82 Å². The number of carbonyl (C=O) groups is 1.